The zero-order valence-corrected chi connectivity index (χ0v) is 20.8. The number of aliphatic imine (C=N–C) groups is 1. The second-order valence-corrected chi connectivity index (χ2v) is 8.97. The minimum atomic E-state index is -0.0359. The third-order valence-corrected chi connectivity index (χ3v) is 6.45. The molecule has 7 nitrogen and oxygen atoms in total. The molecule has 1 aromatic heterocycles. The highest BCUT2D eigenvalue weighted by Crippen LogP contribution is 2.39. The number of rotatable bonds is 3. The van der Waals surface area contributed by atoms with Gasteiger partial charge >= 0.3 is 0 Å². The summed E-state index contributed by atoms with van der Waals surface area (Å²) in [7, 11) is 1.65. The minimum Gasteiger partial charge on any atom is -0.497 e. The molecule has 176 valence electrons. The van der Waals surface area contributed by atoms with Gasteiger partial charge < -0.3 is 10.1 Å². The van der Waals surface area contributed by atoms with Crippen molar-refractivity contribution in [2.24, 2.45) is 4.99 Å². The minimum absolute atomic E-state index is 0.0359. The second kappa shape index (κ2) is 10.9. The number of nitrogens with zero attached hydrogens (tertiary/aromatic N) is 2. The standard InChI is InChI=1S/C18H20N4OS.C8H9NO/c1-10-11(2)24-18-16(10)17(13-5-7-14(23-4)8-6-13)21-9-15(20)22(18)12(3)19;1-7(10)9-8-5-3-2-4-6-8/h5-8,19-20H,9H2,1-4H3;2-6H,1H3,(H,9,10). The van der Waals surface area contributed by atoms with Crippen LogP contribution in [0.4, 0.5) is 10.7 Å². The van der Waals surface area contributed by atoms with Crippen molar-refractivity contribution >= 4 is 45.3 Å². The molecule has 34 heavy (non-hydrogen) atoms. The molecular formula is C26H29N5O2S. The first-order valence-electron chi connectivity index (χ1n) is 10.8. The van der Waals surface area contributed by atoms with Crippen molar-refractivity contribution in [2.75, 3.05) is 23.9 Å². The maximum atomic E-state index is 10.5. The maximum absolute atomic E-state index is 10.5. The number of aryl methyl sites for hydroxylation is 1. The molecule has 0 unspecified atom stereocenters. The SMILES string of the molecule is CC(=O)Nc1ccccc1.COc1ccc(C2=NCC(=N)N(C(C)=N)c3sc(C)c(C)c32)cc1. The topological polar surface area (TPSA) is 102 Å². The number of amidine groups is 2. The molecule has 1 amide bonds. The molecule has 0 bridgehead atoms. The Hall–Kier alpha value is -3.78. The summed E-state index contributed by atoms with van der Waals surface area (Å²) >= 11 is 1.62. The van der Waals surface area contributed by atoms with E-state index in [0.29, 0.717) is 11.7 Å². The third kappa shape index (κ3) is 5.58. The smallest absolute Gasteiger partial charge is 0.221 e. The molecule has 0 atom stereocenters. The lowest BCUT2D eigenvalue weighted by Gasteiger charge is -2.21. The Balaban J connectivity index is 0.000000271. The first-order valence-corrected chi connectivity index (χ1v) is 11.6. The van der Waals surface area contributed by atoms with E-state index in [2.05, 4.69) is 19.2 Å². The van der Waals surface area contributed by atoms with Crippen LogP contribution in [0.15, 0.2) is 59.6 Å². The number of ether oxygens (including phenoxy) is 1. The van der Waals surface area contributed by atoms with E-state index in [1.165, 1.54) is 11.8 Å². The van der Waals surface area contributed by atoms with Gasteiger partial charge in [-0.15, -0.1) is 11.3 Å². The van der Waals surface area contributed by atoms with Gasteiger partial charge in [0.2, 0.25) is 5.91 Å². The van der Waals surface area contributed by atoms with Gasteiger partial charge in [-0.3, -0.25) is 25.5 Å². The zero-order valence-electron chi connectivity index (χ0n) is 20.0. The zero-order chi connectivity index (χ0) is 24.8. The van der Waals surface area contributed by atoms with E-state index in [0.717, 1.165) is 38.8 Å². The number of fused-ring (bicyclic) bond motifs is 1. The Labute approximate surface area is 204 Å². The number of anilines is 2. The lowest BCUT2D eigenvalue weighted by Crippen LogP contribution is -2.35. The summed E-state index contributed by atoms with van der Waals surface area (Å²) in [5.41, 5.74) is 4.90. The molecule has 2 aromatic carbocycles. The van der Waals surface area contributed by atoms with Gasteiger partial charge in [-0.05, 0) is 62.7 Å². The molecule has 1 aliphatic rings. The molecule has 8 heteroatoms. The molecule has 0 spiro atoms. The number of para-hydroxylation sites is 1. The van der Waals surface area contributed by atoms with Crippen molar-refractivity contribution in [3.63, 3.8) is 0 Å². The van der Waals surface area contributed by atoms with Crippen LogP contribution in [0.3, 0.4) is 0 Å². The monoisotopic (exact) mass is 475 g/mol. The highest BCUT2D eigenvalue weighted by atomic mass is 32.1. The number of benzene rings is 2. The van der Waals surface area contributed by atoms with Crippen LogP contribution in [0.1, 0.15) is 35.4 Å². The number of thiophene rings is 1. The van der Waals surface area contributed by atoms with E-state index in [1.807, 2.05) is 54.6 Å². The summed E-state index contributed by atoms with van der Waals surface area (Å²) in [6.07, 6.45) is 0. The van der Waals surface area contributed by atoms with Gasteiger partial charge in [-0.2, -0.15) is 0 Å². The fourth-order valence-electron chi connectivity index (χ4n) is 3.54. The van der Waals surface area contributed by atoms with Crippen LogP contribution in [0, 0.1) is 24.7 Å². The summed E-state index contributed by atoms with van der Waals surface area (Å²) in [5.74, 6) is 1.43. The van der Waals surface area contributed by atoms with E-state index in [1.54, 1.807) is 30.3 Å². The van der Waals surface area contributed by atoms with Crippen LogP contribution in [-0.4, -0.2) is 36.9 Å². The first-order chi connectivity index (χ1) is 16.2. The van der Waals surface area contributed by atoms with Gasteiger partial charge in [0.05, 0.1) is 19.4 Å². The van der Waals surface area contributed by atoms with Crippen molar-refractivity contribution in [3.8, 4) is 5.75 Å². The predicted octanol–water partition coefficient (Wildman–Crippen LogP) is 5.65. The molecular weight excluding hydrogens is 446 g/mol. The first kappa shape index (κ1) is 24.9. The van der Waals surface area contributed by atoms with Crippen LogP contribution in [0.2, 0.25) is 0 Å². The molecule has 2 heterocycles. The van der Waals surface area contributed by atoms with Gasteiger partial charge in [-0.1, -0.05) is 18.2 Å². The number of nitrogens with one attached hydrogen (secondary N) is 3. The molecule has 0 saturated heterocycles. The second-order valence-electron chi connectivity index (χ2n) is 7.77. The lowest BCUT2D eigenvalue weighted by atomic mass is 10.00. The van der Waals surface area contributed by atoms with Gasteiger partial charge in [-0.25, -0.2) is 0 Å². The highest BCUT2D eigenvalue weighted by molar-refractivity contribution is 7.17. The Bertz CT molecular complexity index is 1230. The van der Waals surface area contributed by atoms with Crippen molar-refractivity contribution in [3.05, 3.63) is 76.2 Å². The van der Waals surface area contributed by atoms with E-state index in [9.17, 15) is 4.79 Å². The molecule has 0 radical (unpaired) electrons. The number of amides is 1. The van der Waals surface area contributed by atoms with Crippen LogP contribution < -0.4 is 15.0 Å². The molecule has 1 aliphatic heterocycles. The molecule has 0 saturated carbocycles. The largest absolute Gasteiger partial charge is 0.497 e. The Morgan fingerprint density at radius 1 is 1.09 bits per heavy atom. The van der Waals surface area contributed by atoms with Crippen molar-refractivity contribution in [1.29, 1.82) is 10.8 Å². The number of carbonyl (C=O) groups excluding carboxylic acids is 1. The summed E-state index contributed by atoms with van der Waals surface area (Å²) in [4.78, 5) is 18.1. The molecule has 4 rings (SSSR count). The van der Waals surface area contributed by atoms with E-state index in [-0.39, 0.29) is 12.5 Å². The van der Waals surface area contributed by atoms with E-state index < -0.39 is 0 Å². The lowest BCUT2D eigenvalue weighted by molar-refractivity contribution is -0.114. The average molecular weight is 476 g/mol. The Morgan fingerprint density at radius 2 is 1.74 bits per heavy atom. The van der Waals surface area contributed by atoms with Crippen LogP contribution in [0.5, 0.6) is 5.75 Å². The van der Waals surface area contributed by atoms with E-state index in [4.69, 9.17) is 20.5 Å². The quantitative estimate of drug-likeness (QED) is 0.337. The van der Waals surface area contributed by atoms with Crippen LogP contribution in [0.25, 0.3) is 0 Å². The average Bonchev–Trinajstić information content (AvgIpc) is 2.99. The Kier molecular flexibility index (Phi) is 7.96. The summed E-state index contributed by atoms with van der Waals surface area (Å²) < 4.78 is 5.24. The van der Waals surface area contributed by atoms with E-state index >= 15 is 0 Å². The third-order valence-electron chi connectivity index (χ3n) is 5.26. The van der Waals surface area contributed by atoms with Crippen molar-refractivity contribution in [1.82, 2.24) is 0 Å². The number of hydrogen-bond donors (Lipinski definition) is 3. The molecule has 0 fully saturated rings. The molecule has 0 aliphatic carbocycles. The van der Waals surface area contributed by atoms with Crippen LogP contribution in [-0.2, 0) is 4.79 Å². The molecule has 3 aromatic rings. The number of hydrogen-bond acceptors (Lipinski definition) is 6. The van der Waals surface area contributed by atoms with Gasteiger partial charge in [0, 0.05) is 28.6 Å². The number of methoxy groups -OCH3 is 1. The predicted molar refractivity (Wildman–Crippen MR) is 142 cm³/mol. The maximum Gasteiger partial charge on any atom is 0.221 e. The van der Waals surface area contributed by atoms with Crippen LogP contribution >= 0.6 is 11.3 Å². The Morgan fingerprint density at radius 3 is 2.29 bits per heavy atom. The number of carbonyl (C=O) groups is 1. The highest BCUT2D eigenvalue weighted by Gasteiger charge is 2.28. The van der Waals surface area contributed by atoms with Gasteiger partial charge in [0.15, 0.2) is 0 Å². The van der Waals surface area contributed by atoms with Gasteiger partial charge in [0.25, 0.3) is 0 Å². The summed E-state index contributed by atoms with van der Waals surface area (Å²) in [6, 6.07) is 17.2. The normalized spacial score (nSPS) is 12.6. The summed E-state index contributed by atoms with van der Waals surface area (Å²) in [6.45, 7) is 7.61. The fourth-order valence-corrected chi connectivity index (χ4v) is 4.77. The van der Waals surface area contributed by atoms with Crippen molar-refractivity contribution in [2.45, 2.75) is 27.7 Å². The fraction of sp³-hybridized carbons (Fsp3) is 0.231. The molecule has 3 N–H and O–H groups in total. The van der Waals surface area contributed by atoms with Crippen molar-refractivity contribution < 1.29 is 9.53 Å². The summed E-state index contributed by atoms with van der Waals surface area (Å²) in [5, 5.41) is 20.0. The van der Waals surface area contributed by atoms with Gasteiger partial charge in [0.1, 0.15) is 22.4 Å².